The van der Waals surface area contributed by atoms with E-state index in [4.69, 9.17) is 9.47 Å². The van der Waals surface area contributed by atoms with Crippen LogP contribution in [0.15, 0.2) is 24.3 Å². The number of rotatable bonds is 10. The third-order valence-corrected chi connectivity index (χ3v) is 3.54. The maximum absolute atomic E-state index is 12.2. The first kappa shape index (κ1) is 19.2. The minimum absolute atomic E-state index is 0.116. The van der Waals surface area contributed by atoms with Gasteiger partial charge in [0, 0.05) is 0 Å². The molecule has 0 aliphatic rings. The van der Waals surface area contributed by atoms with Gasteiger partial charge >= 0.3 is 11.9 Å². The molecule has 1 rings (SSSR count). The number of unbranched alkanes of at least 4 members (excludes halogenated alkanes) is 3. The third-order valence-electron chi connectivity index (χ3n) is 3.54. The first-order valence-corrected chi connectivity index (χ1v) is 8.56. The second-order valence-electron chi connectivity index (χ2n) is 5.78. The van der Waals surface area contributed by atoms with Gasteiger partial charge in [0.1, 0.15) is 0 Å². The van der Waals surface area contributed by atoms with Crippen LogP contribution in [0.25, 0.3) is 0 Å². The summed E-state index contributed by atoms with van der Waals surface area (Å²) in [5.74, 6) is -0.799. The predicted molar refractivity (Wildman–Crippen MR) is 90.7 cm³/mol. The van der Waals surface area contributed by atoms with Crippen LogP contribution in [0, 0.1) is 0 Å². The number of hydrogen-bond donors (Lipinski definition) is 0. The van der Waals surface area contributed by atoms with Crippen molar-refractivity contribution < 1.29 is 19.1 Å². The molecule has 0 aliphatic carbocycles. The van der Waals surface area contributed by atoms with E-state index in [1.54, 1.807) is 18.2 Å². The van der Waals surface area contributed by atoms with Gasteiger partial charge < -0.3 is 9.47 Å². The zero-order valence-corrected chi connectivity index (χ0v) is 14.5. The summed E-state index contributed by atoms with van der Waals surface area (Å²) in [5, 5.41) is 0. The van der Waals surface area contributed by atoms with E-state index in [1.165, 1.54) is 18.9 Å². The van der Waals surface area contributed by atoms with E-state index in [0.29, 0.717) is 17.7 Å². The summed E-state index contributed by atoms with van der Waals surface area (Å²) in [6.45, 7) is 6.39. The van der Waals surface area contributed by atoms with Crippen LogP contribution in [0.1, 0.15) is 80.0 Å². The summed E-state index contributed by atoms with van der Waals surface area (Å²) >= 11 is 0. The minimum atomic E-state index is -0.408. The Bertz CT molecular complexity index is 496. The standard InChI is InChI=1S/C19H28O4/c1-4-6-7-8-10-15(3)23-19(21)17-12-9-11-16(14-17)18(20)22-13-5-2/h9,11-12,14-15H,4-8,10,13H2,1-3H3. The van der Waals surface area contributed by atoms with Crippen LogP contribution < -0.4 is 0 Å². The molecule has 0 bridgehead atoms. The van der Waals surface area contributed by atoms with Crippen molar-refractivity contribution in [2.45, 2.75) is 65.4 Å². The monoisotopic (exact) mass is 320 g/mol. The molecule has 1 aromatic rings. The smallest absolute Gasteiger partial charge is 0.338 e. The average molecular weight is 320 g/mol. The van der Waals surface area contributed by atoms with Gasteiger partial charge in [-0.2, -0.15) is 0 Å². The van der Waals surface area contributed by atoms with Gasteiger partial charge in [0.25, 0.3) is 0 Å². The lowest BCUT2D eigenvalue weighted by Gasteiger charge is -2.13. The van der Waals surface area contributed by atoms with Gasteiger partial charge in [-0.15, -0.1) is 0 Å². The molecule has 1 unspecified atom stereocenters. The highest BCUT2D eigenvalue weighted by Gasteiger charge is 2.14. The van der Waals surface area contributed by atoms with Crippen molar-refractivity contribution in [1.82, 2.24) is 0 Å². The molecule has 1 atom stereocenters. The maximum atomic E-state index is 12.2. The summed E-state index contributed by atoms with van der Waals surface area (Å²) < 4.78 is 10.5. The van der Waals surface area contributed by atoms with E-state index in [-0.39, 0.29) is 6.10 Å². The van der Waals surface area contributed by atoms with Crippen LogP contribution in [0.5, 0.6) is 0 Å². The van der Waals surface area contributed by atoms with Crippen LogP contribution in [-0.2, 0) is 9.47 Å². The molecule has 1 aromatic carbocycles. The van der Waals surface area contributed by atoms with Gasteiger partial charge in [0.2, 0.25) is 0 Å². The molecule has 4 heteroatoms. The summed E-state index contributed by atoms with van der Waals surface area (Å²) in [5.41, 5.74) is 0.764. The summed E-state index contributed by atoms with van der Waals surface area (Å²) in [4.78, 5) is 24.0. The lowest BCUT2D eigenvalue weighted by atomic mass is 10.1. The van der Waals surface area contributed by atoms with E-state index >= 15 is 0 Å². The topological polar surface area (TPSA) is 52.6 Å². The zero-order chi connectivity index (χ0) is 17.1. The van der Waals surface area contributed by atoms with E-state index in [0.717, 1.165) is 25.7 Å². The molecule has 0 aromatic heterocycles. The quantitative estimate of drug-likeness (QED) is 0.460. The lowest BCUT2D eigenvalue weighted by molar-refractivity contribution is 0.0319. The number of benzene rings is 1. The second-order valence-corrected chi connectivity index (χ2v) is 5.78. The van der Waals surface area contributed by atoms with Crippen molar-refractivity contribution in [3.8, 4) is 0 Å². The number of carbonyl (C=O) groups excluding carboxylic acids is 2. The van der Waals surface area contributed by atoms with Gasteiger partial charge in [-0.05, 0) is 44.4 Å². The van der Waals surface area contributed by atoms with E-state index < -0.39 is 11.9 Å². The third kappa shape index (κ3) is 7.31. The fraction of sp³-hybridized carbons (Fsp3) is 0.579. The fourth-order valence-electron chi connectivity index (χ4n) is 2.22. The minimum Gasteiger partial charge on any atom is -0.462 e. The Kier molecular flexibility index (Phi) is 9.03. The highest BCUT2D eigenvalue weighted by molar-refractivity contribution is 5.95. The van der Waals surface area contributed by atoms with E-state index in [9.17, 15) is 9.59 Å². The molecule has 0 saturated carbocycles. The van der Waals surface area contributed by atoms with Gasteiger partial charge in [-0.1, -0.05) is 39.2 Å². The Labute approximate surface area is 139 Å². The molecule has 128 valence electrons. The highest BCUT2D eigenvalue weighted by Crippen LogP contribution is 2.13. The first-order chi connectivity index (χ1) is 11.1. The molecular formula is C19H28O4. The molecule has 0 N–H and O–H groups in total. The highest BCUT2D eigenvalue weighted by atomic mass is 16.5. The Balaban J connectivity index is 2.54. The largest absolute Gasteiger partial charge is 0.462 e. The summed E-state index contributed by atoms with van der Waals surface area (Å²) in [6, 6.07) is 6.50. The molecule has 23 heavy (non-hydrogen) atoms. The van der Waals surface area contributed by atoms with Crippen molar-refractivity contribution in [3.05, 3.63) is 35.4 Å². The molecule has 0 amide bonds. The Morgan fingerprint density at radius 3 is 2.35 bits per heavy atom. The zero-order valence-electron chi connectivity index (χ0n) is 14.5. The van der Waals surface area contributed by atoms with Gasteiger partial charge in [0.15, 0.2) is 0 Å². The Morgan fingerprint density at radius 1 is 1.00 bits per heavy atom. The Hall–Kier alpha value is -1.84. The van der Waals surface area contributed by atoms with Crippen molar-refractivity contribution in [3.63, 3.8) is 0 Å². The van der Waals surface area contributed by atoms with Crippen molar-refractivity contribution in [2.24, 2.45) is 0 Å². The van der Waals surface area contributed by atoms with Crippen molar-refractivity contribution >= 4 is 11.9 Å². The SMILES string of the molecule is CCCCCCC(C)OC(=O)c1cccc(C(=O)OCCC)c1. The number of ether oxygens (including phenoxy) is 2. The van der Waals surface area contributed by atoms with Gasteiger partial charge in [-0.25, -0.2) is 9.59 Å². The Morgan fingerprint density at radius 2 is 1.70 bits per heavy atom. The van der Waals surface area contributed by atoms with Crippen LogP contribution in [-0.4, -0.2) is 24.6 Å². The fourth-order valence-corrected chi connectivity index (χ4v) is 2.22. The molecule has 0 heterocycles. The van der Waals surface area contributed by atoms with Gasteiger partial charge in [-0.3, -0.25) is 0 Å². The summed E-state index contributed by atoms with van der Waals surface area (Å²) in [7, 11) is 0. The van der Waals surface area contributed by atoms with E-state index in [1.807, 2.05) is 13.8 Å². The maximum Gasteiger partial charge on any atom is 0.338 e. The van der Waals surface area contributed by atoms with Crippen LogP contribution in [0.4, 0.5) is 0 Å². The number of carbonyl (C=O) groups is 2. The van der Waals surface area contributed by atoms with Crippen LogP contribution in [0.2, 0.25) is 0 Å². The predicted octanol–water partition coefficient (Wildman–Crippen LogP) is 4.77. The van der Waals surface area contributed by atoms with Crippen LogP contribution >= 0.6 is 0 Å². The van der Waals surface area contributed by atoms with Gasteiger partial charge in [0.05, 0.1) is 23.8 Å². The molecule has 0 aliphatic heterocycles. The van der Waals surface area contributed by atoms with Crippen molar-refractivity contribution in [2.75, 3.05) is 6.61 Å². The normalized spacial score (nSPS) is 11.8. The van der Waals surface area contributed by atoms with Crippen molar-refractivity contribution in [1.29, 1.82) is 0 Å². The first-order valence-electron chi connectivity index (χ1n) is 8.56. The molecule has 0 spiro atoms. The molecule has 0 fully saturated rings. The molecule has 0 saturated heterocycles. The summed E-state index contributed by atoms with van der Waals surface area (Å²) in [6.07, 6.45) is 6.14. The number of esters is 2. The lowest BCUT2D eigenvalue weighted by Crippen LogP contribution is -2.16. The number of hydrogen-bond acceptors (Lipinski definition) is 4. The molecular weight excluding hydrogens is 292 g/mol. The molecule has 0 radical (unpaired) electrons. The van der Waals surface area contributed by atoms with E-state index in [2.05, 4.69) is 6.92 Å². The van der Waals surface area contributed by atoms with Crippen LogP contribution in [0.3, 0.4) is 0 Å². The average Bonchev–Trinajstić information content (AvgIpc) is 2.56. The molecule has 4 nitrogen and oxygen atoms in total. The second kappa shape index (κ2) is 10.8.